The van der Waals surface area contributed by atoms with Crippen molar-refractivity contribution in [2.45, 2.75) is 25.5 Å². The molecule has 0 aliphatic rings. The van der Waals surface area contributed by atoms with Crippen molar-refractivity contribution in [2.75, 3.05) is 18.9 Å². The topological polar surface area (TPSA) is 85.4 Å². The molecule has 1 heterocycles. The third kappa shape index (κ3) is 5.16. The second-order valence-electron chi connectivity index (χ2n) is 4.28. The van der Waals surface area contributed by atoms with Gasteiger partial charge in [0.1, 0.15) is 11.0 Å². The molecule has 0 saturated heterocycles. The number of hydrogen-bond donors (Lipinski definition) is 1. The zero-order valence-electron chi connectivity index (χ0n) is 11.7. The van der Waals surface area contributed by atoms with Gasteiger partial charge in [-0.05, 0) is 25.5 Å². The van der Waals surface area contributed by atoms with Gasteiger partial charge in [-0.15, -0.1) is 0 Å². The summed E-state index contributed by atoms with van der Waals surface area (Å²) in [4.78, 5) is 15.6. The minimum Gasteiger partial charge on any atom is -0.492 e. The number of sulfone groups is 1. The average Bonchev–Trinajstić information content (AvgIpc) is 2.47. The van der Waals surface area contributed by atoms with Crippen molar-refractivity contribution >= 4 is 15.7 Å². The molecule has 0 radical (unpaired) electrons. The number of carbonyl (C=O) groups is 1. The van der Waals surface area contributed by atoms with Gasteiger partial charge < -0.3 is 10.1 Å². The van der Waals surface area contributed by atoms with Crippen LogP contribution in [0.5, 0.6) is 5.75 Å². The summed E-state index contributed by atoms with van der Waals surface area (Å²) < 4.78 is 28.4. The molecule has 1 amide bonds. The van der Waals surface area contributed by atoms with E-state index in [2.05, 4.69) is 10.3 Å². The largest absolute Gasteiger partial charge is 0.492 e. The Labute approximate surface area is 119 Å². The van der Waals surface area contributed by atoms with E-state index in [1.165, 1.54) is 13.8 Å². The Hall–Kier alpha value is -1.63. The normalized spacial score (nSPS) is 12.7. The van der Waals surface area contributed by atoms with Crippen molar-refractivity contribution in [2.24, 2.45) is 0 Å². The van der Waals surface area contributed by atoms with Crippen LogP contribution in [0, 0.1) is 0 Å². The van der Waals surface area contributed by atoms with Crippen LogP contribution >= 0.6 is 0 Å². The maximum atomic E-state index is 11.6. The van der Waals surface area contributed by atoms with Gasteiger partial charge in [-0.3, -0.25) is 9.78 Å². The quantitative estimate of drug-likeness (QED) is 0.717. The molecule has 1 rings (SSSR count). The number of rotatable bonds is 8. The molecule has 0 aliphatic heterocycles. The molecular formula is C13H20N2O4S. The molecule has 1 unspecified atom stereocenters. The van der Waals surface area contributed by atoms with Crippen molar-refractivity contribution in [1.29, 1.82) is 0 Å². The van der Waals surface area contributed by atoms with Gasteiger partial charge in [0.15, 0.2) is 9.84 Å². The Kier molecular flexibility index (Phi) is 6.44. The Morgan fingerprint density at radius 2 is 2.25 bits per heavy atom. The summed E-state index contributed by atoms with van der Waals surface area (Å²) in [5, 5.41) is 1.59. The molecule has 0 aromatic carbocycles. The number of hydrogen-bond acceptors (Lipinski definition) is 5. The Balaban J connectivity index is 2.23. The lowest BCUT2D eigenvalue weighted by atomic mass is 10.4. The molecule has 112 valence electrons. The predicted molar refractivity (Wildman–Crippen MR) is 76.3 cm³/mol. The molecule has 0 aliphatic carbocycles. The summed E-state index contributed by atoms with van der Waals surface area (Å²) in [7, 11) is -3.33. The van der Waals surface area contributed by atoms with E-state index in [-0.39, 0.29) is 5.75 Å². The van der Waals surface area contributed by atoms with Gasteiger partial charge >= 0.3 is 0 Å². The lowest BCUT2D eigenvalue weighted by Crippen LogP contribution is -2.39. The predicted octanol–water partition coefficient (Wildman–Crippen LogP) is 0.790. The lowest BCUT2D eigenvalue weighted by Gasteiger charge is -2.12. The highest BCUT2D eigenvalue weighted by Gasteiger charge is 2.25. The number of carbonyl (C=O) groups excluding carboxylic acids is 1. The molecule has 0 fully saturated rings. The van der Waals surface area contributed by atoms with E-state index in [1.54, 1.807) is 24.5 Å². The van der Waals surface area contributed by atoms with E-state index >= 15 is 0 Å². The van der Waals surface area contributed by atoms with Crippen molar-refractivity contribution < 1.29 is 17.9 Å². The Morgan fingerprint density at radius 3 is 2.85 bits per heavy atom. The van der Waals surface area contributed by atoms with Crippen LogP contribution in [0.4, 0.5) is 0 Å². The van der Waals surface area contributed by atoms with E-state index in [4.69, 9.17) is 4.74 Å². The van der Waals surface area contributed by atoms with Crippen LogP contribution in [-0.4, -0.2) is 43.5 Å². The van der Waals surface area contributed by atoms with E-state index < -0.39 is 21.0 Å². The SMILES string of the molecule is CCS(=O)(=O)C(C)C(=O)NCCCOc1cccnc1. The second kappa shape index (κ2) is 7.84. The lowest BCUT2D eigenvalue weighted by molar-refractivity contribution is -0.120. The van der Waals surface area contributed by atoms with Gasteiger partial charge in [0.25, 0.3) is 0 Å². The van der Waals surface area contributed by atoms with E-state index in [0.29, 0.717) is 25.3 Å². The zero-order chi connectivity index (χ0) is 15.0. The molecule has 0 bridgehead atoms. The van der Waals surface area contributed by atoms with E-state index in [9.17, 15) is 13.2 Å². The first-order valence-electron chi connectivity index (χ1n) is 6.49. The summed E-state index contributed by atoms with van der Waals surface area (Å²) in [5.74, 6) is 0.167. The molecule has 20 heavy (non-hydrogen) atoms. The van der Waals surface area contributed by atoms with Crippen LogP contribution < -0.4 is 10.1 Å². The number of nitrogens with one attached hydrogen (secondary N) is 1. The molecule has 1 aromatic heterocycles. The second-order valence-corrected chi connectivity index (χ2v) is 6.89. The first-order chi connectivity index (χ1) is 9.47. The summed E-state index contributed by atoms with van der Waals surface area (Å²) in [6, 6.07) is 3.57. The average molecular weight is 300 g/mol. The van der Waals surface area contributed by atoms with Gasteiger partial charge in [-0.1, -0.05) is 6.92 Å². The van der Waals surface area contributed by atoms with Crippen LogP contribution in [0.15, 0.2) is 24.5 Å². The zero-order valence-corrected chi connectivity index (χ0v) is 12.5. The third-order valence-corrected chi connectivity index (χ3v) is 4.93. The van der Waals surface area contributed by atoms with Crippen LogP contribution in [0.3, 0.4) is 0 Å². The molecule has 1 N–H and O–H groups in total. The van der Waals surface area contributed by atoms with Crippen molar-refractivity contribution in [3.05, 3.63) is 24.5 Å². The molecule has 0 saturated carbocycles. The maximum Gasteiger partial charge on any atom is 0.238 e. The monoisotopic (exact) mass is 300 g/mol. The number of nitrogens with zero attached hydrogens (tertiary/aromatic N) is 1. The first-order valence-corrected chi connectivity index (χ1v) is 8.21. The summed E-state index contributed by atoms with van der Waals surface area (Å²) >= 11 is 0. The summed E-state index contributed by atoms with van der Waals surface area (Å²) in [6.07, 6.45) is 3.86. The van der Waals surface area contributed by atoms with Crippen molar-refractivity contribution in [3.63, 3.8) is 0 Å². The van der Waals surface area contributed by atoms with Gasteiger partial charge in [-0.25, -0.2) is 8.42 Å². The highest BCUT2D eigenvalue weighted by atomic mass is 32.2. The van der Waals surface area contributed by atoms with Crippen LogP contribution in [0.1, 0.15) is 20.3 Å². The highest BCUT2D eigenvalue weighted by molar-refractivity contribution is 7.92. The molecule has 0 spiro atoms. The third-order valence-electron chi connectivity index (χ3n) is 2.83. The number of ether oxygens (including phenoxy) is 1. The van der Waals surface area contributed by atoms with Crippen LogP contribution in [-0.2, 0) is 14.6 Å². The summed E-state index contributed by atoms with van der Waals surface area (Å²) in [6.45, 7) is 3.74. The van der Waals surface area contributed by atoms with E-state index in [0.717, 1.165) is 0 Å². The number of amides is 1. The fourth-order valence-corrected chi connectivity index (χ4v) is 2.37. The van der Waals surface area contributed by atoms with Crippen molar-refractivity contribution in [1.82, 2.24) is 10.3 Å². The van der Waals surface area contributed by atoms with Crippen LogP contribution in [0.2, 0.25) is 0 Å². The summed E-state index contributed by atoms with van der Waals surface area (Å²) in [5.41, 5.74) is 0. The molecule has 1 atom stereocenters. The minimum atomic E-state index is -3.33. The van der Waals surface area contributed by atoms with Crippen molar-refractivity contribution in [3.8, 4) is 5.75 Å². The molecule has 6 nitrogen and oxygen atoms in total. The molecular weight excluding hydrogens is 280 g/mol. The molecule has 7 heteroatoms. The van der Waals surface area contributed by atoms with Gasteiger partial charge in [0.2, 0.25) is 5.91 Å². The fourth-order valence-electron chi connectivity index (χ4n) is 1.46. The standard InChI is InChI=1S/C13H20N2O4S/c1-3-20(17,18)11(2)13(16)15-8-5-9-19-12-6-4-7-14-10-12/h4,6-7,10-11H,3,5,8-9H2,1-2H3,(H,15,16). The van der Waals surface area contributed by atoms with Gasteiger partial charge in [0.05, 0.1) is 12.8 Å². The number of pyridine rings is 1. The van der Waals surface area contributed by atoms with Gasteiger partial charge in [-0.2, -0.15) is 0 Å². The Morgan fingerprint density at radius 1 is 1.50 bits per heavy atom. The minimum absolute atomic E-state index is 0.0360. The van der Waals surface area contributed by atoms with Crippen LogP contribution in [0.25, 0.3) is 0 Å². The maximum absolute atomic E-state index is 11.6. The number of aromatic nitrogens is 1. The Bertz CT molecular complexity index is 516. The smallest absolute Gasteiger partial charge is 0.238 e. The first kappa shape index (κ1) is 16.4. The van der Waals surface area contributed by atoms with E-state index in [1.807, 2.05) is 0 Å². The highest BCUT2D eigenvalue weighted by Crippen LogP contribution is 2.06. The fraction of sp³-hybridized carbons (Fsp3) is 0.538. The van der Waals surface area contributed by atoms with Gasteiger partial charge in [0, 0.05) is 18.5 Å². The molecule has 1 aromatic rings.